The van der Waals surface area contributed by atoms with Gasteiger partial charge in [-0.15, -0.1) is 0 Å². The Kier molecular flexibility index (Phi) is 4.79. The topological polar surface area (TPSA) is 38.3 Å². The van der Waals surface area contributed by atoms with Crippen LogP contribution in [0.5, 0.6) is 0 Å². The lowest BCUT2D eigenvalue weighted by molar-refractivity contribution is -0.155. The van der Waals surface area contributed by atoms with E-state index in [0.717, 1.165) is 15.7 Å². The molecule has 100 valence electrons. The van der Waals surface area contributed by atoms with Crippen LogP contribution < -0.4 is 5.32 Å². The molecule has 0 saturated heterocycles. The summed E-state index contributed by atoms with van der Waals surface area (Å²) >= 11 is 3.47. The van der Waals surface area contributed by atoms with Gasteiger partial charge in [-0.05, 0) is 52.3 Å². The zero-order valence-corrected chi connectivity index (χ0v) is 13.1. The third-order valence-corrected chi connectivity index (χ3v) is 3.17. The van der Waals surface area contributed by atoms with Crippen molar-refractivity contribution in [1.29, 1.82) is 0 Å². The second-order valence-corrected chi connectivity index (χ2v) is 6.22. The molecule has 1 aromatic carbocycles. The quantitative estimate of drug-likeness (QED) is 0.860. The van der Waals surface area contributed by atoms with Gasteiger partial charge in [-0.1, -0.05) is 22.0 Å². The van der Waals surface area contributed by atoms with Crippen LogP contribution in [0.1, 0.15) is 33.3 Å². The van der Waals surface area contributed by atoms with Gasteiger partial charge in [0.15, 0.2) is 0 Å². The number of anilines is 1. The molecule has 0 radical (unpaired) electrons. The highest BCUT2D eigenvalue weighted by Gasteiger charge is 2.21. The first kappa shape index (κ1) is 15.0. The first-order valence-corrected chi connectivity index (χ1v) is 6.74. The lowest BCUT2D eigenvalue weighted by atomic mass is 10.2. The van der Waals surface area contributed by atoms with Gasteiger partial charge in [-0.25, -0.2) is 4.79 Å². The van der Waals surface area contributed by atoms with Crippen molar-refractivity contribution in [3.63, 3.8) is 0 Å². The minimum atomic E-state index is -0.457. The number of carbonyl (C=O) groups excluding carboxylic acids is 1. The fraction of sp³-hybridized carbons (Fsp3) is 0.500. The van der Waals surface area contributed by atoms with E-state index in [1.165, 1.54) is 0 Å². The van der Waals surface area contributed by atoms with Crippen LogP contribution in [0.15, 0.2) is 22.7 Å². The van der Waals surface area contributed by atoms with Gasteiger partial charge in [0.2, 0.25) is 0 Å². The summed E-state index contributed by atoms with van der Waals surface area (Å²) < 4.78 is 6.33. The number of ether oxygens (including phenoxy) is 1. The molecule has 0 aromatic heterocycles. The fourth-order valence-electron chi connectivity index (χ4n) is 1.38. The van der Waals surface area contributed by atoms with Crippen molar-refractivity contribution in [1.82, 2.24) is 0 Å². The largest absolute Gasteiger partial charge is 0.458 e. The molecule has 0 saturated carbocycles. The Morgan fingerprint density at radius 2 is 2.00 bits per heavy atom. The summed E-state index contributed by atoms with van der Waals surface area (Å²) in [6, 6.07) is 5.52. The predicted octanol–water partition coefficient (Wildman–Crippen LogP) is 3.90. The minimum Gasteiger partial charge on any atom is -0.458 e. The highest BCUT2D eigenvalue weighted by molar-refractivity contribution is 9.10. The van der Waals surface area contributed by atoms with Gasteiger partial charge in [0.1, 0.15) is 11.6 Å². The predicted molar refractivity (Wildman–Crippen MR) is 77.8 cm³/mol. The van der Waals surface area contributed by atoms with Crippen LogP contribution in [0.25, 0.3) is 0 Å². The number of halogens is 1. The summed E-state index contributed by atoms with van der Waals surface area (Å²) in [5.41, 5.74) is 1.59. The molecule has 0 fully saturated rings. The van der Waals surface area contributed by atoms with E-state index in [-0.39, 0.29) is 12.0 Å². The molecule has 0 spiro atoms. The van der Waals surface area contributed by atoms with Crippen molar-refractivity contribution in [3.05, 3.63) is 28.2 Å². The van der Waals surface area contributed by atoms with Gasteiger partial charge in [0.25, 0.3) is 0 Å². The van der Waals surface area contributed by atoms with E-state index in [1.54, 1.807) is 6.92 Å². The third-order valence-electron chi connectivity index (χ3n) is 2.32. The number of benzene rings is 1. The second kappa shape index (κ2) is 5.74. The molecule has 1 atom stereocenters. The molecular weight excluding hydrogens is 294 g/mol. The Bertz CT molecular complexity index is 438. The molecule has 18 heavy (non-hydrogen) atoms. The van der Waals surface area contributed by atoms with E-state index in [0.29, 0.717) is 0 Å². The fourth-order valence-corrected chi connectivity index (χ4v) is 1.76. The van der Waals surface area contributed by atoms with Crippen LogP contribution in [0.4, 0.5) is 5.69 Å². The van der Waals surface area contributed by atoms with Crippen LogP contribution in [-0.2, 0) is 9.53 Å². The van der Waals surface area contributed by atoms with Crippen molar-refractivity contribution >= 4 is 27.6 Å². The molecule has 0 aliphatic rings. The molecule has 4 heteroatoms. The number of esters is 1. The summed E-state index contributed by atoms with van der Waals surface area (Å²) in [6.45, 7) is 9.40. The summed E-state index contributed by atoms with van der Waals surface area (Å²) in [5.74, 6) is -0.251. The van der Waals surface area contributed by atoms with Crippen LogP contribution in [0.2, 0.25) is 0 Å². The molecule has 1 unspecified atom stereocenters. The van der Waals surface area contributed by atoms with Gasteiger partial charge < -0.3 is 10.1 Å². The molecule has 0 aliphatic carbocycles. The van der Waals surface area contributed by atoms with Crippen molar-refractivity contribution in [3.8, 4) is 0 Å². The molecule has 0 aliphatic heterocycles. The third kappa shape index (κ3) is 4.69. The Labute approximate surface area is 117 Å². The van der Waals surface area contributed by atoms with E-state index < -0.39 is 5.60 Å². The van der Waals surface area contributed by atoms with Crippen molar-refractivity contribution < 1.29 is 9.53 Å². The van der Waals surface area contributed by atoms with E-state index in [2.05, 4.69) is 21.2 Å². The molecule has 1 aromatic rings. The lowest BCUT2D eigenvalue weighted by Crippen LogP contribution is -2.34. The SMILES string of the molecule is Cc1ccc(NC(C)C(=O)OC(C)(C)C)cc1Br. The van der Waals surface area contributed by atoms with Crippen molar-refractivity contribution in [2.45, 2.75) is 46.3 Å². The lowest BCUT2D eigenvalue weighted by Gasteiger charge is -2.23. The standard InChI is InChI=1S/C14H20BrNO2/c1-9-6-7-11(8-12(9)15)16-10(2)13(17)18-14(3,4)5/h6-8,10,16H,1-5H3. The zero-order chi connectivity index (χ0) is 13.9. The summed E-state index contributed by atoms with van der Waals surface area (Å²) in [4.78, 5) is 11.8. The van der Waals surface area contributed by atoms with Gasteiger partial charge in [-0.3, -0.25) is 0 Å². The summed E-state index contributed by atoms with van der Waals surface area (Å²) in [5, 5.41) is 3.13. The molecule has 1 rings (SSSR count). The van der Waals surface area contributed by atoms with Crippen molar-refractivity contribution in [2.24, 2.45) is 0 Å². The average Bonchev–Trinajstić information content (AvgIpc) is 2.21. The number of carbonyl (C=O) groups is 1. The van der Waals surface area contributed by atoms with Crippen molar-refractivity contribution in [2.75, 3.05) is 5.32 Å². The van der Waals surface area contributed by atoms with E-state index >= 15 is 0 Å². The second-order valence-electron chi connectivity index (χ2n) is 5.36. The van der Waals surface area contributed by atoms with Crippen LogP contribution in [0, 0.1) is 6.92 Å². The van der Waals surface area contributed by atoms with E-state index in [4.69, 9.17) is 4.74 Å². The highest BCUT2D eigenvalue weighted by atomic mass is 79.9. The maximum absolute atomic E-state index is 11.8. The first-order valence-electron chi connectivity index (χ1n) is 5.94. The molecule has 3 nitrogen and oxygen atoms in total. The van der Waals surface area contributed by atoms with Gasteiger partial charge in [0.05, 0.1) is 0 Å². The summed E-state index contributed by atoms with van der Waals surface area (Å²) in [7, 11) is 0. The monoisotopic (exact) mass is 313 g/mol. The molecule has 0 heterocycles. The van der Waals surface area contributed by atoms with Gasteiger partial charge >= 0.3 is 5.97 Å². The molecule has 0 amide bonds. The zero-order valence-electron chi connectivity index (χ0n) is 11.5. The van der Waals surface area contributed by atoms with Gasteiger partial charge in [0, 0.05) is 10.2 Å². The average molecular weight is 314 g/mol. The Morgan fingerprint density at radius 1 is 1.39 bits per heavy atom. The van der Waals surface area contributed by atoms with Crippen LogP contribution >= 0.6 is 15.9 Å². The Morgan fingerprint density at radius 3 is 2.50 bits per heavy atom. The molecular formula is C14H20BrNO2. The number of aryl methyl sites for hydroxylation is 1. The van der Waals surface area contributed by atoms with Crippen LogP contribution in [-0.4, -0.2) is 17.6 Å². The molecule has 1 N–H and O–H groups in total. The normalized spacial score (nSPS) is 13.0. The first-order chi connectivity index (χ1) is 8.19. The maximum atomic E-state index is 11.8. The smallest absolute Gasteiger partial charge is 0.328 e. The molecule has 0 bridgehead atoms. The van der Waals surface area contributed by atoms with Crippen LogP contribution in [0.3, 0.4) is 0 Å². The van der Waals surface area contributed by atoms with E-state index in [9.17, 15) is 4.79 Å². The number of rotatable bonds is 3. The number of hydrogen-bond acceptors (Lipinski definition) is 3. The van der Waals surface area contributed by atoms with Gasteiger partial charge in [-0.2, -0.15) is 0 Å². The maximum Gasteiger partial charge on any atom is 0.328 e. The minimum absolute atomic E-state index is 0.251. The Balaban J connectivity index is 2.66. The number of nitrogens with one attached hydrogen (secondary N) is 1. The number of hydrogen-bond donors (Lipinski definition) is 1. The van der Waals surface area contributed by atoms with E-state index in [1.807, 2.05) is 45.9 Å². The summed E-state index contributed by atoms with van der Waals surface area (Å²) in [6.07, 6.45) is 0. The highest BCUT2D eigenvalue weighted by Crippen LogP contribution is 2.21. The Hall–Kier alpha value is -1.03.